The van der Waals surface area contributed by atoms with E-state index in [-0.39, 0.29) is 107 Å². The minimum absolute atomic E-state index is 0.00741. The van der Waals surface area contributed by atoms with E-state index in [0.717, 1.165) is 6.54 Å². The molecule has 9 aliphatic rings. The average Bonchev–Trinajstić information content (AvgIpc) is 0.694. The standard InChI is InChI=1S/C29H35N3O9.C29H37N3O8.C26H30N2O8/c1-31(2)10-5-11-41-19(34)9-7-14-6-8-18(33)21-16(14)12-15-13-17-23(32(3)4)25(36)22(28(30)39)27(38)29(17,40)26(37)20(15)24(21)35;1-12-14-11-15-22(32(5)6)24(36)21(27(30)39)26(38)29(15,40)25(37)19(14)23(35)20-16(33)9-7-13(18(12)20)8-10-17(34)31-28(2,3)4;1-5-11(29)9-13-15-10(2)12-7-6-8-14(30)16(12)21(31)17(15)23(33)26(36)19(13)20(28(3)4)22(32)18(24(26)34)25(27)35/h6-9,15,17,23,33,35,38,40H,5,10-13H2,1-4H3,(H2,30,39);7,9,12,14-15,22,33,35,38,40H,8,10-11H2,1-6H3,(H2,30,39)(H,31,34);6-8,10,13,15,19-20,30-31,34,36H,5,9H2,1-4H3,(H2,27,35)/b9-7+;;/t15-,17-,23+,29-;12-,14+,15-,22+,29-;10-,13-,15+,19+,20-,26+/m001/s1. The number of likely N-dealkylation sites (N-methyl/N-ethyl adjacent to an activating group) is 3. The molecular formula is C84H102N8O25. The molecule has 4 amide bonds. The first-order chi connectivity index (χ1) is 54.4. The summed E-state index contributed by atoms with van der Waals surface area (Å²) in [6.07, 6.45) is 3.90. The molecule has 3 aromatic rings. The van der Waals surface area contributed by atoms with E-state index in [1.54, 1.807) is 52.2 Å². The van der Waals surface area contributed by atoms with Crippen molar-refractivity contribution in [1.29, 1.82) is 0 Å². The molecule has 0 unspecified atom stereocenters. The molecule has 0 heterocycles. The molecule has 19 N–H and O–H groups in total. The number of amides is 4. The Balaban J connectivity index is 0.000000185. The maximum Gasteiger partial charge on any atom is 0.330 e. The fourth-order valence-electron chi connectivity index (χ4n) is 19.3. The van der Waals surface area contributed by atoms with Crippen LogP contribution in [-0.4, -0.2) is 261 Å². The number of aliphatic hydroxyl groups excluding tert-OH is 6. The van der Waals surface area contributed by atoms with Gasteiger partial charge in [0.1, 0.15) is 74.3 Å². The molecule has 3 saturated carbocycles. The predicted octanol–water partition coefficient (Wildman–Crippen LogP) is 2.96. The number of hydrogen-bond donors (Lipinski definition) is 16. The number of aromatic hydroxyl groups is 3. The van der Waals surface area contributed by atoms with E-state index in [0.29, 0.717) is 40.7 Å². The Hall–Kier alpha value is -11.2. The number of ether oxygens (including phenoxy) is 1. The first-order valence-electron chi connectivity index (χ1n) is 38.2. The molecule has 0 bridgehead atoms. The van der Waals surface area contributed by atoms with Crippen molar-refractivity contribution in [2.45, 2.75) is 145 Å². The van der Waals surface area contributed by atoms with Crippen molar-refractivity contribution in [2.75, 3.05) is 69.5 Å². The molecule has 628 valence electrons. The van der Waals surface area contributed by atoms with Gasteiger partial charge in [-0.1, -0.05) is 45.0 Å². The number of fused-ring (bicyclic) bond motifs is 9. The summed E-state index contributed by atoms with van der Waals surface area (Å²) < 4.78 is 5.22. The van der Waals surface area contributed by atoms with E-state index in [9.17, 15) is 119 Å². The zero-order chi connectivity index (χ0) is 87.3. The number of nitrogens with two attached hydrogens (primary N) is 3. The summed E-state index contributed by atoms with van der Waals surface area (Å²) in [5, 5.41) is 137. The molecule has 3 aromatic carbocycles. The van der Waals surface area contributed by atoms with Crippen LogP contribution in [0.25, 0.3) is 23.4 Å². The highest BCUT2D eigenvalue weighted by Gasteiger charge is 2.70. The van der Waals surface area contributed by atoms with Crippen LogP contribution in [0.15, 0.2) is 99.3 Å². The number of ketones is 7. The number of phenolic OH excluding ortho intramolecular Hbond substituents is 3. The van der Waals surface area contributed by atoms with Gasteiger partial charge in [0.2, 0.25) is 23.3 Å². The molecule has 0 spiro atoms. The highest BCUT2D eigenvalue weighted by Crippen LogP contribution is 2.61. The fraction of sp³-hybridized carbons (Fsp3) is 0.476. The quantitative estimate of drug-likeness (QED) is 0.0377. The number of nitrogens with one attached hydrogen (secondary N) is 1. The molecule has 0 aromatic heterocycles. The monoisotopic (exact) mass is 1620 g/mol. The summed E-state index contributed by atoms with van der Waals surface area (Å²) in [6, 6.07) is 6.93. The molecular weight excluding hydrogens is 1520 g/mol. The summed E-state index contributed by atoms with van der Waals surface area (Å²) in [6.45, 7) is 11.9. The summed E-state index contributed by atoms with van der Waals surface area (Å²) in [5.41, 5.74) is 6.83. The lowest BCUT2D eigenvalue weighted by atomic mass is 9.50. The van der Waals surface area contributed by atoms with Crippen LogP contribution in [0, 0.1) is 41.4 Å². The van der Waals surface area contributed by atoms with Gasteiger partial charge in [-0.05, 0) is 191 Å². The van der Waals surface area contributed by atoms with Crippen LogP contribution in [0.4, 0.5) is 0 Å². The number of rotatable bonds is 18. The Kier molecular flexibility index (Phi) is 24.4. The Morgan fingerprint density at radius 3 is 1.59 bits per heavy atom. The highest BCUT2D eigenvalue weighted by molar-refractivity contribution is 6.27. The van der Waals surface area contributed by atoms with Gasteiger partial charge in [-0.15, -0.1) is 0 Å². The lowest BCUT2D eigenvalue weighted by Crippen LogP contribution is -2.69. The number of hydrogen-bond acceptors (Lipinski definition) is 29. The molecule has 117 heavy (non-hydrogen) atoms. The van der Waals surface area contributed by atoms with Gasteiger partial charge in [0.25, 0.3) is 17.7 Å². The Labute approximate surface area is 673 Å². The van der Waals surface area contributed by atoms with Crippen molar-refractivity contribution in [3.05, 3.63) is 144 Å². The van der Waals surface area contributed by atoms with Gasteiger partial charge < -0.3 is 93.4 Å². The Morgan fingerprint density at radius 1 is 0.590 bits per heavy atom. The molecule has 0 aliphatic heterocycles. The second kappa shape index (κ2) is 32.4. The number of primary amides is 3. The van der Waals surface area contributed by atoms with Crippen LogP contribution >= 0.6 is 0 Å². The average molecular weight is 1620 g/mol. The third-order valence-electron chi connectivity index (χ3n) is 24.4. The number of carbonyl (C=O) groups excluding carboxylic acids is 12. The summed E-state index contributed by atoms with van der Waals surface area (Å²) in [5.74, 6) is -24.5. The SMILES string of the molecule is CCC(=O)C[C@@H]1[C@H]2C(=C(O)c3c(O)cccc3[C@H]2C)C(=O)[C@]2(O)C(O)=C(C(N)=O)C(=O)[C@H](N(C)C)[C@H]12.CN(C)CCCOC(=O)/C=C/c1ccc(O)c2c1C[C@H]1C[C@H]3[C@@H](N(C)C)C(=O)C(C(N)=O)=C(O)[C@@]3(O)C(=O)C1=C2O.C[C@@H]1c2c(CCC(=O)NC(C)(C)C)ccc(O)c2C(O)=C2C(=O)[C@]3(O)C(O)=C(C(N)=O)C(=O)[C@H](N(C)C)[C@@H]3C[C@@H]21. The molecule has 9 aliphatic carbocycles. The van der Waals surface area contributed by atoms with Crippen LogP contribution < -0.4 is 22.5 Å². The van der Waals surface area contributed by atoms with Crippen molar-refractivity contribution in [3.8, 4) is 17.2 Å². The predicted molar refractivity (Wildman–Crippen MR) is 420 cm³/mol. The van der Waals surface area contributed by atoms with Crippen molar-refractivity contribution in [3.63, 3.8) is 0 Å². The summed E-state index contributed by atoms with van der Waals surface area (Å²) >= 11 is 0. The minimum Gasteiger partial charge on any atom is -0.508 e. The van der Waals surface area contributed by atoms with E-state index >= 15 is 0 Å². The van der Waals surface area contributed by atoms with Gasteiger partial charge in [-0.3, -0.25) is 67.4 Å². The van der Waals surface area contributed by atoms with Crippen LogP contribution in [0.1, 0.15) is 136 Å². The zero-order valence-electron chi connectivity index (χ0n) is 67.4. The maximum absolute atomic E-state index is 14.0. The maximum atomic E-state index is 14.0. The fourth-order valence-corrected chi connectivity index (χ4v) is 19.3. The topological polar surface area (TPSA) is 560 Å². The smallest absolute Gasteiger partial charge is 0.330 e. The molecule has 0 saturated heterocycles. The third kappa shape index (κ3) is 14.7. The van der Waals surface area contributed by atoms with Crippen molar-refractivity contribution in [2.24, 2.45) is 58.6 Å². The van der Waals surface area contributed by atoms with Gasteiger partial charge in [0.15, 0.2) is 34.2 Å². The van der Waals surface area contributed by atoms with E-state index in [1.165, 1.54) is 73.2 Å². The minimum atomic E-state index is -2.81. The van der Waals surface area contributed by atoms with Crippen LogP contribution in [-0.2, 0) is 75.1 Å². The normalized spacial score (nSPS) is 28.6. The van der Waals surface area contributed by atoms with Gasteiger partial charge in [-0.2, -0.15) is 0 Å². The van der Waals surface area contributed by atoms with E-state index in [2.05, 4.69) is 5.32 Å². The van der Waals surface area contributed by atoms with Gasteiger partial charge >= 0.3 is 5.97 Å². The molecule has 33 nitrogen and oxygen atoms in total. The van der Waals surface area contributed by atoms with Crippen LogP contribution in [0.5, 0.6) is 17.2 Å². The second-order valence-electron chi connectivity index (χ2n) is 33.5. The third-order valence-corrected chi connectivity index (χ3v) is 24.4. The summed E-state index contributed by atoms with van der Waals surface area (Å²) in [7, 11) is 13.0. The molecule has 0 radical (unpaired) electrons. The number of esters is 1. The first-order valence-corrected chi connectivity index (χ1v) is 38.2. The number of benzene rings is 3. The largest absolute Gasteiger partial charge is 0.508 e. The Bertz CT molecular complexity index is 5030. The summed E-state index contributed by atoms with van der Waals surface area (Å²) in [4.78, 5) is 162. The van der Waals surface area contributed by atoms with Crippen LogP contribution in [0.3, 0.4) is 0 Å². The first kappa shape index (κ1) is 88.2. The van der Waals surface area contributed by atoms with Crippen molar-refractivity contribution >= 4 is 93.4 Å². The number of aliphatic hydroxyl groups is 9. The molecule has 3 fully saturated rings. The lowest BCUT2D eigenvalue weighted by molar-refractivity contribution is -0.163. The number of carbonyl (C=O) groups is 12. The lowest BCUT2D eigenvalue weighted by Gasteiger charge is -2.55. The van der Waals surface area contributed by atoms with E-state index in [4.69, 9.17) is 21.9 Å². The Morgan fingerprint density at radius 2 is 1.07 bits per heavy atom. The molecule has 33 heteroatoms. The zero-order valence-corrected chi connectivity index (χ0v) is 67.4. The van der Waals surface area contributed by atoms with E-state index in [1.807, 2.05) is 46.7 Å². The van der Waals surface area contributed by atoms with Gasteiger partial charge in [-0.25, -0.2) is 4.79 Å². The number of aryl methyl sites for hydroxylation is 1. The number of Topliss-reactive ketones (excluding diaryl/α,β-unsaturated/α-hetero) is 7. The molecule has 15 atom stereocenters. The second-order valence-corrected chi connectivity index (χ2v) is 33.5. The van der Waals surface area contributed by atoms with Crippen LogP contribution in [0.2, 0.25) is 0 Å². The number of phenols is 3. The van der Waals surface area contributed by atoms with E-state index < -0.39 is 203 Å². The van der Waals surface area contributed by atoms with Crippen molar-refractivity contribution in [1.82, 2.24) is 24.9 Å². The van der Waals surface area contributed by atoms with Gasteiger partial charge in [0, 0.05) is 77.8 Å². The highest BCUT2D eigenvalue weighted by atomic mass is 16.5. The number of nitrogens with zero attached hydrogens (tertiary/aromatic N) is 4. The van der Waals surface area contributed by atoms with Crippen molar-refractivity contribution < 1.29 is 124 Å². The molecule has 12 rings (SSSR count). The van der Waals surface area contributed by atoms with Gasteiger partial charge in [0.05, 0.1) is 41.4 Å².